The van der Waals surface area contributed by atoms with Gasteiger partial charge in [0.2, 0.25) is 0 Å². The minimum absolute atomic E-state index is 0.162. The SMILES string of the molecule is Cc1cccc(N(C)CC2CNc3ccccc3O2)c1. The fourth-order valence-electron chi connectivity index (χ4n) is 2.54. The molecule has 0 saturated heterocycles. The van der Waals surface area contributed by atoms with Crippen LogP contribution in [0.3, 0.4) is 0 Å². The molecule has 1 unspecified atom stereocenters. The van der Waals surface area contributed by atoms with Crippen molar-refractivity contribution >= 4 is 11.4 Å². The molecule has 2 aromatic rings. The number of nitrogens with one attached hydrogen (secondary N) is 1. The normalized spacial score (nSPS) is 16.8. The van der Waals surface area contributed by atoms with Crippen molar-refractivity contribution < 1.29 is 4.74 Å². The molecule has 3 nitrogen and oxygen atoms in total. The maximum atomic E-state index is 6.05. The standard InChI is InChI=1S/C17H20N2O/c1-13-6-5-7-14(10-13)19(2)12-15-11-18-16-8-3-4-9-17(16)20-15/h3-10,15,18H,11-12H2,1-2H3. The van der Waals surface area contributed by atoms with Crippen LogP contribution < -0.4 is 15.0 Å². The summed E-state index contributed by atoms with van der Waals surface area (Å²) < 4.78 is 6.05. The summed E-state index contributed by atoms with van der Waals surface area (Å²) in [6.07, 6.45) is 0.162. The Morgan fingerprint density at radius 3 is 2.90 bits per heavy atom. The van der Waals surface area contributed by atoms with E-state index in [4.69, 9.17) is 4.74 Å². The molecule has 2 aromatic carbocycles. The smallest absolute Gasteiger partial charge is 0.143 e. The van der Waals surface area contributed by atoms with Crippen molar-refractivity contribution in [1.29, 1.82) is 0 Å². The minimum Gasteiger partial charge on any atom is -0.485 e. The van der Waals surface area contributed by atoms with E-state index >= 15 is 0 Å². The highest BCUT2D eigenvalue weighted by Gasteiger charge is 2.20. The molecule has 104 valence electrons. The van der Waals surface area contributed by atoms with Gasteiger partial charge in [-0.1, -0.05) is 24.3 Å². The molecule has 0 amide bonds. The maximum Gasteiger partial charge on any atom is 0.143 e. The molecule has 1 atom stereocenters. The summed E-state index contributed by atoms with van der Waals surface area (Å²) in [5.41, 5.74) is 3.59. The second-order valence-electron chi connectivity index (χ2n) is 5.34. The predicted molar refractivity (Wildman–Crippen MR) is 83.8 cm³/mol. The van der Waals surface area contributed by atoms with Crippen LogP contribution >= 0.6 is 0 Å². The van der Waals surface area contributed by atoms with E-state index in [1.807, 2.05) is 18.2 Å². The average Bonchev–Trinajstić information content (AvgIpc) is 2.47. The zero-order valence-electron chi connectivity index (χ0n) is 12.0. The summed E-state index contributed by atoms with van der Waals surface area (Å²) >= 11 is 0. The van der Waals surface area contributed by atoms with Gasteiger partial charge in [-0.2, -0.15) is 0 Å². The molecule has 0 fully saturated rings. The van der Waals surface area contributed by atoms with Gasteiger partial charge in [-0.15, -0.1) is 0 Å². The first-order valence-electron chi connectivity index (χ1n) is 7.00. The zero-order chi connectivity index (χ0) is 13.9. The largest absolute Gasteiger partial charge is 0.485 e. The molecule has 0 spiro atoms. The molecule has 0 radical (unpaired) electrons. The lowest BCUT2D eigenvalue weighted by Gasteiger charge is -2.31. The third kappa shape index (κ3) is 2.72. The number of para-hydroxylation sites is 2. The van der Waals surface area contributed by atoms with Gasteiger partial charge in [-0.25, -0.2) is 0 Å². The highest BCUT2D eigenvalue weighted by atomic mass is 16.5. The highest BCUT2D eigenvalue weighted by molar-refractivity contribution is 5.58. The molecule has 1 aliphatic rings. The predicted octanol–water partition coefficient (Wildman–Crippen LogP) is 3.30. The van der Waals surface area contributed by atoms with Crippen LogP contribution in [0.1, 0.15) is 5.56 Å². The molecular formula is C17H20N2O. The Morgan fingerprint density at radius 2 is 2.05 bits per heavy atom. The van der Waals surface area contributed by atoms with Crippen molar-refractivity contribution in [3.8, 4) is 5.75 Å². The number of aryl methyl sites for hydroxylation is 1. The molecule has 3 heteroatoms. The summed E-state index contributed by atoms with van der Waals surface area (Å²) in [6.45, 7) is 3.82. The monoisotopic (exact) mass is 268 g/mol. The first-order valence-corrected chi connectivity index (χ1v) is 7.00. The van der Waals surface area contributed by atoms with E-state index in [-0.39, 0.29) is 6.10 Å². The van der Waals surface area contributed by atoms with E-state index in [9.17, 15) is 0 Å². The number of benzene rings is 2. The molecule has 0 bridgehead atoms. The van der Waals surface area contributed by atoms with Crippen molar-refractivity contribution in [2.45, 2.75) is 13.0 Å². The maximum absolute atomic E-state index is 6.05. The lowest BCUT2D eigenvalue weighted by molar-refractivity contribution is 0.212. The number of hydrogen-bond donors (Lipinski definition) is 1. The van der Waals surface area contributed by atoms with Gasteiger partial charge in [0.25, 0.3) is 0 Å². The van der Waals surface area contributed by atoms with E-state index < -0.39 is 0 Å². The van der Waals surface area contributed by atoms with Crippen molar-refractivity contribution in [2.75, 3.05) is 30.4 Å². The van der Waals surface area contributed by atoms with Gasteiger partial charge in [0.1, 0.15) is 11.9 Å². The Morgan fingerprint density at radius 1 is 1.20 bits per heavy atom. The molecule has 0 saturated carbocycles. The van der Waals surface area contributed by atoms with Gasteiger partial charge in [-0.3, -0.25) is 0 Å². The van der Waals surface area contributed by atoms with Gasteiger partial charge in [0.05, 0.1) is 18.8 Å². The average molecular weight is 268 g/mol. The van der Waals surface area contributed by atoms with Crippen LogP contribution in [0.5, 0.6) is 5.75 Å². The summed E-state index contributed by atoms with van der Waals surface area (Å²) in [6, 6.07) is 16.6. The second kappa shape index (κ2) is 5.45. The molecule has 1 aliphatic heterocycles. The quantitative estimate of drug-likeness (QED) is 0.924. The first-order chi connectivity index (χ1) is 9.72. The Bertz CT molecular complexity index is 597. The van der Waals surface area contributed by atoms with Crippen LogP contribution in [0.2, 0.25) is 0 Å². The Hall–Kier alpha value is -2.16. The number of nitrogens with zero attached hydrogens (tertiary/aromatic N) is 1. The summed E-state index contributed by atoms with van der Waals surface area (Å²) in [5.74, 6) is 0.946. The highest BCUT2D eigenvalue weighted by Crippen LogP contribution is 2.28. The molecule has 1 N–H and O–H groups in total. The molecule has 0 aliphatic carbocycles. The van der Waals surface area contributed by atoms with Crippen LogP contribution in [0, 0.1) is 6.92 Å². The van der Waals surface area contributed by atoms with Crippen LogP contribution in [-0.2, 0) is 0 Å². The number of rotatable bonds is 3. The fourth-order valence-corrected chi connectivity index (χ4v) is 2.54. The molecule has 20 heavy (non-hydrogen) atoms. The topological polar surface area (TPSA) is 24.5 Å². The lowest BCUT2D eigenvalue weighted by atomic mass is 10.2. The van der Waals surface area contributed by atoms with Gasteiger partial charge in [0.15, 0.2) is 0 Å². The summed E-state index contributed by atoms with van der Waals surface area (Å²) in [7, 11) is 2.11. The van der Waals surface area contributed by atoms with Gasteiger partial charge >= 0.3 is 0 Å². The summed E-state index contributed by atoms with van der Waals surface area (Å²) in [5, 5.41) is 3.43. The molecule has 0 aromatic heterocycles. The van der Waals surface area contributed by atoms with Crippen molar-refractivity contribution in [2.24, 2.45) is 0 Å². The number of ether oxygens (including phenoxy) is 1. The van der Waals surface area contributed by atoms with Gasteiger partial charge in [0, 0.05) is 12.7 Å². The number of anilines is 2. The van der Waals surface area contributed by atoms with Gasteiger partial charge in [-0.05, 0) is 36.8 Å². The van der Waals surface area contributed by atoms with Crippen LogP contribution in [0.25, 0.3) is 0 Å². The minimum atomic E-state index is 0.162. The summed E-state index contributed by atoms with van der Waals surface area (Å²) in [4.78, 5) is 2.24. The molecular weight excluding hydrogens is 248 g/mol. The Labute approximate surface area is 120 Å². The lowest BCUT2D eigenvalue weighted by Crippen LogP contribution is -2.40. The third-order valence-corrected chi connectivity index (χ3v) is 3.62. The fraction of sp³-hybridized carbons (Fsp3) is 0.294. The molecule has 1 heterocycles. The van der Waals surface area contributed by atoms with E-state index in [1.54, 1.807) is 0 Å². The number of likely N-dealkylation sites (N-methyl/N-ethyl adjacent to an activating group) is 1. The third-order valence-electron chi connectivity index (χ3n) is 3.62. The van der Waals surface area contributed by atoms with Crippen LogP contribution in [0.4, 0.5) is 11.4 Å². The van der Waals surface area contributed by atoms with Crippen LogP contribution in [-0.4, -0.2) is 26.2 Å². The van der Waals surface area contributed by atoms with Crippen LogP contribution in [0.15, 0.2) is 48.5 Å². The number of hydrogen-bond acceptors (Lipinski definition) is 3. The Balaban J connectivity index is 1.67. The van der Waals surface area contributed by atoms with E-state index in [2.05, 4.69) is 54.5 Å². The van der Waals surface area contributed by atoms with Crippen molar-refractivity contribution in [1.82, 2.24) is 0 Å². The Kier molecular flexibility index (Phi) is 3.50. The van der Waals surface area contributed by atoms with Crippen molar-refractivity contribution in [3.05, 3.63) is 54.1 Å². The van der Waals surface area contributed by atoms with Crippen molar-refractivity contribution in [3.63, 3.8) is 0 Å². The van der Waals surface area contributed by atoms with Gasteiger partial charge < -0.3 is 15.0 Å². The first kappa shape index (κ1) is 12.9. The van der Waals surface area contributed by atoms with E-state index in [0.29, 0.717) is 0 Å². The molecule has 3 rings (SSSR count). The second-order valence-corrected chi connectivity index (χ2v) is 5.34. The van der Waals surface area contributed by atoms with E-state index in [0.717, 1.165) is 24.5 Å². The van der Waals surface area contributed by atoms with E-state index in [1.165, 1.54) is 11.3 Å². The zero-order valence-corrected chi connectivity index (χ0v) is 12.0. The number of fused-ring (bicyclic) bond motifs is 1.